The van der Waals surface area contributed by atoms with E-state index in [4.69, 9.17) is 9.51 Å². The van der Waals surface area contributed by atoms with E-state index in [0.29, 0.717) is 23.6 Å². The molecule has 1 atom stereocenters. The van der Waals surface area contributed by atoms with Crippen LogP contribution < -0.4 is 0 Å². The minimum atomic E-state index is -0.0998. The normalized spacial score (nSPS) is 16.9. The molecule has 0 aliphatic carbocycles. The quantitative estimate of drug-likeness (QED) is 0.681. The zero-order chi connectivity index (χ0) is 19.0. The van der Waals surface area contributed by atoms with Gasteiger partial charge in [0.2, 0.25) is 0 Å². The Morgan fingerprint density at radius 2 is 2.22 bits per heavy atom. The SMILES string of the molecule is CCc1nnsc1C(=O)N1CCC[C@H]1c1cncc(-c2c(C)noc2C)n1. The Morgan fingerprint density at radius 3 is 2.96 bits per heavy atom. The van der Waals surface area contributed by atoms with Gasteiger partial charge in [0, 0.05) is 6.54 Å². The van der Waals surface area contributed by atoms with Gasteiger partial charge >= 0.3 is 0 Å². The lowest BCUT2D eigenvalue weighted by molar-refractivity contribution is 0.0736. The van der Waals surface area contributed by atoms with E-state index in [1.807, 2.05) is 25.7 Å². The summed E-state index contributed by atoms with van der Waals surface area (Å²) >= 11 is 1.16. The summed E-state index contributed by atoms with van der Waals surface area (Å²) in [6, 6.07) is -0.0998. The van der Waals surface area contributed by atoms with Crippen LogP contribution in [-0.2, 0) is 6.42 Å². The summed E-state index contributed by atoms with van der Waals surface area (Å²) in [5.74, 6) is 0.690. The second-order valence-corrected chi connectivity index (χ2v) is 7.34. The fourth-order valence-electron chi connectivity index (χ4n) is 3.56. The summed E-state index contributed by atoms with van der Waals surface area (Å²) in [5, 5.41) is 8.06. The molecular weight excluding hydrogens is 364 g/mol. The number of hydrogen-bond donors (Lipinski definition) is 0. The number of amides is 1. The van der Waals surface area contributed by atoms with Gasteiger partial charge in [0.05, 0.1) is 46.8 Å². The molecule has 0 spiro atoms. The van der Waals surface area contributed by atoms with Crippen molar-refractivity contribution in [2.24, 2.45) is 0 Å². The Labute approximate surface area is 160 Å². The van der Waals surface area contributed by atoms with Crippen LogP contribution in [0, 0.1) is 13.8 Å². The van der Waals surface area contributed by atoms with Crippen molar-refractivity contribution in [2.75, 3.05) is 6.54 Å². The van der Waals surface area contributed by atoms with Gasteiger partial charge in [0.15, 0.2) is 0 Å². The first kappa shape index (κ1) is 17.7. The molecule has 0 bridgehead atoms. The van der Waals surface area contributed by atoms with Crippen LogP contribution in [0.5, 0.6) is 0 Å². The molecule has 27 heavy (non-hydrogen) atoms. The first-order valence-corrected chi connectivity index (χ1v) is 9.74. The number of hydrogen-bond acceptors (Lipinski definition) is 8. The molecule has 3 aromatic rings. The lowest BCUT2D eigenvalue weighted by Crippen LogP contribution is -2.31. The molecule has 0 N–H and O–H groups in total. The van der Waals surface area contributed by atoms with Crippen molar-refractivity contribution < 1.29 is 9.32 Å². The maximum absolute atomic E-state index is 13.1. The third kappa shape index (κ3) is 3.12. The van der Waals surface area contributed by atoms with E-state index >= 15 is 0 Å². The number of carbonyl (C=O) groups excluding carboxylic acids is 1. The highest BCUT2D eigenvalue weighted by Crippen LogP contribution is 2.34. The van der Waals surface area contributed by atoms with Crippen molar-refractivity contribution in [2.45, 2.75) is 46.1 Å². The van der Waals surface area contributed by atoms with Gasteiger partial charge in [-0.1, -0.05) is 16.6 Å². The van der Waals surface area contributed by atoms with Crippen LogP contribution in [0.4, 0.5) is 0 Å². The maximum Gasteiger partial charge on any atom is 0.268 e. The number of aromatic nitrogens is 5. The summed E-state index contributed by atoms with van der Waals surface area (Å²) in [5.41, 5.74) is 3.90. The number of rotatable bonds is 4. The topological polar surface area (TPSA) is 97.9 Å². The van der Waals surface area contributed by atoms with E-state index in [2.05, 4.69) is 19.7 Å². The van der Waals surface area contributed by atoms with E-state index < -0.39 is 0 Å². The minimum absolute atomic E-state index is 0.0195. The first-order valence-electron chi connectivity index (χ1n) is 8.97. The van der Waals surface area contributed by atoms with E-state index in [0.717, 1.165) is 52.7 Å². The van der Waals surface area contributed by atoms with Gasteiger partial charge in [-0.2, -0.15) is 0 Å². The summed E-state index contributed by atoms with van der Waals surface area (Å²) in [4.78, 5) is 24.7. The molecule has 0 unspecified atom stereocenters. The molecule has 1 aliphatic heterocycles. The lowest BCUT2D eigenvalue weighted by atomic mass is 10.1. The van der Waals surface area contributed by atoms with E-state index in [-0.39, 0.29) is 11.9 Å². The van der Waals surface area contributed by atoms with Crippen LogP contribution in [0.15, 0.2) is 16.9 Å². The zero-order valence-corrected chi connectivity index (χ0v) is 16.3. The van der Waals surface area contributed by atoms with Crippen LogP contribution in [0.3, 0.4) is 0 Å². The largest absolute Gasteiger partial charge is 0.361 e. The van der Waals surface area contributed by atoms with Gasteiger partial charge in [0.25, 0.3) is 5.91 Å². The Kier molecular flexibility index (Phi) is 4.69. The van der Waals surface area contributed by atoms with E-state index in [1.165, 1.54) is 0 Å². The highest BCUT2D eigenvalue weighted by Gasteiger charge is 2.34. The first-order chi connectivity index (χ1) is 13.1. The molecule has 140 valence electrons. The van der Waals surface area contributed by atoms with Crippen LogP contribution in [0.25, 0.3) is 11.3 Å². The second-order valence-electron chi connectivity index (χ2n) is 6.59. The summed E-state index contributed by atoms with van der Waals surface area (Å²) in [6.45, 7) is 6.42. The zero-order valence-electron chi connectivity index (χ0n) is 15.5. The van der Waals surface area contributed by atoms with Crippen molar-refractivity contribution in [3.8, 4) is 11.3 Å². The smallest absolute Gasteiger partial charge is 0.268 e. The molecule has 4 heterocycles. The summed E-state index contributed by atoms with van der Waals surface area (Å²) in [6.07, 6.45) is 5.93. The summed E-state index contributed by atoms with van der Waals surface area (Å²) in [7, 11) is 0. The van der Waals surface area contributed by atoms with Crippen molar-refractivity contribution in [1.82, 2.24) is 29.6 Å². The average Bonchev–Trinajstić information content (AvgIpc) is 3.41. The van der Waals surface area contributed by atoms with Gasteiger partial charge in [-0.3, -0.25) is 9.78 Å². The average molecular weight is 384 g/mol. The van der Waals surface area contributed by atoms with Crippen LogP contribution >= 0.6 is 11.5 Å². The standard InChI is InChI=1S/C18H20N6O2S/c1-4-12-17(27-23-21-12)18(25)24-7-5-6-15(24)13-8-19-9-14(20-13)16-10(2)22-26-11(16)3/h8-9,15H,4-7H2,1-3H3/t15-/m0/s1. The third-order valence-corrected chi connectivity index (χ3v) is 5.64. The molecule has 0 aromatic carbocycles. The Hall–Kier alpha value is -2.68. The number of nitrogens with zero attached hydrogens (tertiary/aromatic N) is 6. The second kappa shape index (κ2) is 7.15. The molecule has 3 aromatic heterocycles. The Morgan fingerprint density at radius 1 is 1.37 bits per heavy atom. The molecule has 1 aliphatic rings. The molecule has 1 saturated heterocycles. The molecular formula is C18H20N6O2S. The predicted molar refractivity (Wildman–Crippen MR) is 99.3 cm³/mol. The lowest BCUT2D eigenvalue weighted by Gasteiger charge is -2.24. The molecule has 1 fully saturated rings. The molecule has 8 nitrogen and oxygen atoms in total. The van der Waals surface area contributed by atoms with Crippen LogP contribution in [0.2, 0.25) is 0 Å². The molecule has 1 amide bonds. The molecule has 9 heteroatoms. The number of aryl methyl sites for hydroxylation is 3. The van der Waals surface area contributed by atoms with Crippen LogP contribution in [-0.4, -0.2) is 42.1 Å². The monoisotopic (exact) mass is 384 g/mol. The highest BCUT2D eigenvalue weighted by atomic mass is 32.1. The van der Waals surface area contributed by atoms with Gasteiger partial charge in [-0.25, -0.2) is 4.98 Å². The van der Waals surface area contributed by atoms with Gasteiger partial charge in [-0.15, -0.1) is 5.10 Å². The number of carbonyl (C=O) groups is 1. The molecule has 0 radical (unpaired) electrons. The van der Waals surface area contributed by atoms with Gasteiger partial charge in [-0.05, 0) is 44.6 Å². The fraction of sp³-hybridized carbons (Fsp3) is 0.444. The van der Waals surface area contributed by atoms with Gasteiger partial charge < -0.3 is 9.42 Å². The summed E-state index contributed by atoms with van der Waals surface area (Å²) < 4.78 is 9.20. The Bertz CT molecular complexity index is 962. The van der Waals surface area contributed by atoms with Crippen molar-refractivity contribution >= 4 is 17.4 Å². The van der Waals surface area contributed by atoms with Crippen molar-refractivity contribution in [1.29, 1.82) is 0 Å². The highest BCUT2D eigenvalue weighted by molar-refractivity contribution is 7.08. The molecule has 4 rings (SSSR count). The van der Waals surface area contributed by atoms with E-state index in [9.17, 15) is 4.79 Å². The van der Waals surface area contributed by atoms with Crippen LogP contribution in [0.1, 0.15) is 58.3 Å². The van der Waals surface area contributed by atoms with Crippen molar-refractivity contribution in [3.63, 3.8) is 0 Å². The third-order valence-electron chi connectivity index (χ3n) is 4.88. The Balaban J connectivity index is 1.67. The predicted octanol–water partition coefficient (Wildman–Crippen LogP) is 3.14. The minimum Gasteiger partial charge on any atom is -0.361 e. The molecule has 0 saturated carbocycles. The number of likely N-dealkylation sites (tertiary alicyclic amines) is 1. The van der Waals surface area contributed by atoms with E-state index in [1.54, 1.807) is 12.4 Å². The fourth-order valence-corrected chi connectivity index (χ4v) is 4.27. The van der Waals surface area contributed by atoms with Gasteiger partial charge in [0.1, 0.15) is 10.6 Å². The van der Waals surface area contributed by atoms with Crippen molar-refractivity contribution in [3.05, 3.63) is 40.1 Å². The maximum atomic E-state index is 13.1.